The molecule has 0 fully saturated rings. The first-order valence-corrected chi connectivity index (χ1v) is 7.55. The SMILES string of the molecule is COc1ccccc1OCCN(CCN)Cc1ccccc1. The summed E-state index contributed by atoms with van der Waals surface area (Å²) >= 11 is 0. The molecule has 2 rings (SSSR count). The first-order valence-electron chi connectivity index (χ1n) is 7.55. The molecular formula is C18H24N2O2. The number of methoxy groups -OCH3 is 1. The standard InChI is InChI=1S/C18H24N2O2/c1-21-17-9-5-6-10-18(17)22-14-13-20(12-11-19)15-16-7-3-2-4-8-16/h2-10H,11-15,19H2,1H3. The fourth-order valence-corrected chi connectivity index (χ4v) is 2.32. The summed E-state index contributed by atoms with van der Waals surface area (Å²) < 4.78 is 11.1. The lowest BCUT2D eigenvalue weighted by molar-refractivity contribution is 0.202. The van der Waals surface area contributed by atoms with E-state index in [2.05, 4.69) is 29.2 Å². The molecule has 0 amide bonds. The highest BCUT2D eigenvalue weighted by atomic mass is 16.5. The molecule has 22 heavy (non-hydrogen) atoms. The molecule has 4 nitrogen and oxygen atoms in total. The first kappa shape index (κ1) is 16.3. The Balaban J connectivity index is 1.86. The quantitative estimate of drug-likeness (QED) is 0.773. The van der Waals surface area contributed by atoms with E-state index in [-0.39, 0.29) is 0 Å². The second-order valence-electron chi connectivity index (χ2n) is 5.05. The second-order valence-corrected chi connectivity index (χ2v) is 5.05. The summed E-state index contributed by atoms with van der Waals surface area (Å²) in [6.07, 6.45) is 0. The number of rotatable bonds is 9. The Hall–Kier alpha value is -2.04. The van der Waals surface area contributed by atoms with Crippen molar-refractivity contribution in [1.82, 2.24) is 4.90 Å². The predicted octanol–water partition coefficient (Wildman–Crippen LogP) is 2.53. The van der Waals surface area contributed by atoms with E-state index in [1.165, 1.54) is 5.56 Å². The van der Waals surface area contributed by atoms with Gasteiger partial charge in [0.1, 0.15) is 6.61 Å². The molecule has 0 spiro atoms. The summed E-state index contributed by atoms with van der Waals surface area (Å²) in [5, 5.41) is 0. The van der Waals surface area contributed by atoms with Crippen LogP contribution in [0.5, 0.6) is 11.5 Å². The molecule has 2 aromatic rings. The molecular weight excluding hydrogens is 276 g/mol. The van der Waals surface area contributed by atoms with E-state index in [0.717, 1.165) is 31.1 Å². The van der Waals surface area contributed by atoms with E-state index in [1.54, 1.807) is 7.11 Å². The normalized spacial score (nSPS) is 10.7. The molecule has 0 saturated carbocycles. The lowest BCUT2D eigenvalue weighted by Crippen LogP contribution is -2.32. The van der Waals surface area contributed by atoms with Crippen LogP contribution in [0.15, 0.2) is 54.6 Å². The molecule has 0 aliphatic carbocycles. The fraction of sp³-hybridized carbons (Fsp3) is 0.333. The summed E-state index contributed by atoms with van der Waals surface area (Å²) in [7, 11) is 1.65. The molecule has 0 radical (unpaired) electrons. The summed E-state index contributed by atoms with van der Waals surface area (Å²) in [5.41, 5.74) is 6.99. The third kappa shape index (κ3) is 5.06. The molecule has 0 saturated heterocycles. The van der Waals surface area contributed by atoms with Gasteiger partial charge < -0.3 is 15.2 Å². The second kappa shape index (κ2) is 9.07. The highest BCUT2D eigenvalue weighted by Crippen LogP contribution is 2.25. The molecule has 0 aromatic heterocycles. The molecule has 4 heteroatoms. The Morgan fingerprint density at radius 2 is 1.59 bits per heavy atom. The monoisotopic (exact) mass is 300 g/mol. The van der Waals surface area contributed by atoms with Gasteiger partial charge in [0.15, 0.2) is 11.5 Å². The van der Waals surface area contributed by atoms with Gasteiger partial charge in [-0.05, 0) is 17.7 Å². The average Bonchev–Trinajstić information content (AvgIpc) is 2.56. The molecule has 0 aliphatic heterocycles. The van der Waals surface area contributed by atoms with E-state index >= 15 is 0 Å². The van der Waals surface area contributed by atoms with Crippen LogP contribution in [0.3, 0.4) is 0 Å². The van der Waals surface area contributed by atoms with Crippen molar-refractivity contribution >= 4 is 0 Å². The molecule has 2 N–H and O–H groups in total. The average molecular weight is 300 g/mol. The topological polar surface area (TPSA) is 47.7 Å². The van der Waals surface area contributed by atoms with Gasteiger partial charge in [0.2, 0.25) is 0 Å². The van der Waals surface area contributed by atoms with E-state index < -0.39 is 0 Å². The van der Waals surface area contributed by atoms with Crippen LogP contribution >= 0.6 is 0 Å². The van der Waals surface area contributed by atoms with Crippen molar-refractivity contribution in [1.29, 1.82) is 0 Å². The maximum atomic E-state index is 5.84. The number of para-hydroxylation sites is 2. The minimum absolute atomic E-state index is 0.604. The van der Waals surface area contributed by atoms with Crippen LogP contribution in [0, 0.1) is 0 Å². The molecule has 0 atom stereocenters. The molecule has 118 valence electrons. The minimum Gasteiger partial charge on any atom is -0.493 e. The first-order chi connectivity index (χ1) is 10.8. The van der Waals surface area contributed by atoms with E-state index in [4.69, 9.17) is 15.2 Å². The van der Waals surface area contributed by atoms with E-state index in [9.17, 15) is 0 Å². The zero-order valence-corrected chi connectivity index (χ0v) is 13.1. The van der Waals surface area contributed by atoms with Crippen molar-refractivity contribution in [3.8, 4) is 11.5 Å². The Labute approximate surface area is 132 Å². The Morgan fingerprint density at radius 3 is 2.27 bits per heavy atom. The van der Waals surface area contributed by atoms with Crippen molar-refractivity contribution in [2.24, 2.45) is 5.73 Å². The van der Waals surface area contributed by atoms with Crippen molar-refractivity contribution < 1.29 is 9.47 Å². The van der Waals surface area contributed by atoms with E-state index in [1.807, 2.05) is 30.3 Å². The van der Waals surface area contributed by atoms with Crippen molar-refractivity contribution in [2.45, 2.75) is 6.54 Å². The van der Waals surface area contributed by atoms with Crippen LogP contribution in [-0.4, -0.2) is 38.3 Å². The van der Waals surface area contributed by atoms with Crippen LogP contribution in [0.2, 0.25) is 0 Å². The van der Waals surface area contributed by atoms with Crippen molar-refractivity contribution in [3.05, 3.63) is 60.2 Å². The highest BCUT2D eigenvalue weighted by molar-refractivity contribution is 5.39. The van der Waals surface area contributed by atoms with Crippen LogP contribution in [0.1, 0.15) is 5.56 Å². The van der Waals surface area contributed by atoms with Gasteiger partial charge in [0.05, 0.1) is 7.11 Å². The lowest BCUT2D eigenvalue weighted by Gasteiger charge is -2.22. The van der Waals surface area contributed by atoms with Gasteiger partial charge in [-0.2, -0.15) is 0 Å². The van der Waals surface area contributed by atoms with Crippen molar-refractivity contribution in [3.63, 3.8) is 0 Å². The minimum atomic E-state index is 0.604. The van der Waals surface area contributed by atoms with Gasteiger partial charge in [-0.25, -0.2) is 0 Å². The van der Waals surface area contributed by atoms with E-state index in [0.29, 0.717) is 13.2 Å². The third-order valence-corrected chi connectivity index (χ3v) is 3.43. The predicted molar refractivity (Wildman–Crippen MR) is 89.3 cm³/mol. The van der Waals surface area contributed by atoms with Crippen LogP contribution in [0.25, 0.3) is 0 Å². The largest absolute Gasteiger partial charge is 0.493 e. The number of nitrogens with zero attached hydrogens (tertiary/aromatic N) is 1. The lowest BCUT2D eigenvalue weighted by atomic mass is 10.2. The fourth-order valence-electron chi connectivity index (χ4n) is 2.32. The van der Waals surface area contributed by atoms with Gasteiger partial charge in [-0.3, -0.25) is 4.90 Å². The number of ether oxygens (including phenoxy) is 2. The summed E-state index contributed by atoms with van der Waals surface area (Å²) in [5.74, 6) is 1.54. The maximum Gasteiger partial charge on any atom is 0.161 e. The number of benzene rings is 2. The molecule has 0 aliphatic rings. The zero-order valence-electron chi connectivity index (χ0n) is 13.1. The Kier molecular flexibility index (Phi) is 6.74. The summed E-state index contributed by atoms with van der Waals surface area (Å²) in [4.78, 5) is 2.30. The van der Waals surface area contributed by atoms with Gasteiger partial charge in [-0.1, -0.05) is 42.5 Å². The summed E-state index contributed by atoms with van der Waals surface area (Å²) in [6.45, 7) is 3.80. The molecule has 0 bridgehead atoms. The zero-order chi connectivity index (χ0) is 15.6. The third-order valence-electron chi connectivity index (χ3n) is 3.43. The summed E-state index contributed by atoms with van der Waals surface area (Å²) in [6, 6.07) is 18.1. The highest BCUT2D eigenvalue weighted by Gasteiger charge is 2.07. The van der Waals surface area contributed by atoms with Gasteiger partial charge in [0, 0.05) is 26.2 Å². The van der Waals surface area contributed by atoms with Crippen molar-refractivity contribution in [2.75, 3.05) is 33.4 Å². The van der Waals surface area contributed by atoms with Crippen LogP contribution in [-0.2, 0) is 6.54 Å². The van der Waals surface area contributed by atoms with Crippen LogP contribution in [0.4, 0.5) is 0 Å². The smallest absolute Gasteiger partial charge is 0.161 e. The number of hydrogen-bond acceptors (Lipinski definition) is 4. The molecule has 0 heterocycles. The van der Waals surface area contributed by atoms with Gasteiger partial charge in [0.25, 0.3) is 0 Å². The van der Waals surface area contributed by atoms with Crippen LogP contribution < -0.4 is 15.2 Å². The van der Waals surface area contributed by atoms with Gasteiger partial charge >= 0.3 is 0 Å². The van der Waals surface area contributed by atoms with Gasteiger partial charge in [-0.15, -0.1) is 0 Å². The molecule has 2 aromatic carbocycles. The number of nitrogens with two attached hydrogens (primary N) is 1. The molecule has 0 unspecified atom stereocenters. The Bertz CT molecular complexity index is 546. The Morgan fingerprint density at radius 1 is 0.909 bits per heavy atom. The number of hydrogen-bond donors (Lipinski definition) is 1. The maximum absolute atomic E-state index is 5.84.